The molecule has 0 spiro atoms. The average molecular weight is 368 g/mol. The summed E-state index contributed by atoms with van der Waals surface area (Å²) in [6.45, 7) is 0.678. The molecular formula is C16H15Cl2N3O3. The number of halogens is 2. The van der Waals surface area contributed by atoms with Gasteiger partial charge in [0, 0.05) is 23.3 Å². The number of carbonyl (C=O) groups is 1. The number of nitro groups is 1. The highest BCUT2D eigenvalue weighted by Gasteiger charge is 2.14. The molecule has 0 aliphatic carbocycles. The van der Waals surface area contributed by atoms with Gasteiger partial charge in [-0.2, -0.15) is 0 Å². The Morgan fingerprint density at radius 3 is 2.67 bits per heavy atom. The van der Waals surface area contributed by atoms with E-state index in [0.29, 0.717) is 17.3 Å². The molecule has 2 rings (SSSR count). The monoisotopic (exact) mass is 367 g/mol. The molecule has 0 aliphatic heterocycles. The number of nitrogens with zero attached hydrogens (tertiary/aromatic N) is 2. The number of benzene rings is 2. The van der Waals surface area contributed by atoms with E-state index in [1.54, 1.807) is 13.1 Å². The van der Waals surface area contributed by atoms with Crippen molar-refractivity contribution in [2.45, 2.75) is 6.54 Å². The van der Waals surface area contributed by atoms with Crippen LogP contribution in [0.5, 0.6) is 0 Å². The third-order valence-corrected chi connectivity index (χ3v) is 3.74. The van der Waals surface area contributed by atoms with Crippen LogP contribution in [0.3, 0.4) is 0 Å². The molecule has 0 aromatic heterocycles. The normalized spacial score (nSPS) is 10.7. The van der Waals surface area contributed by atoms with Gasteiger partial charge in [0.05, 0.1) is 11.5 Å². The minimum absolute atomic E-state index is 0.0241. The quantitative estimate of drug-likeness (QED) is 0.618. The Bertz CT molecular complexity index is 768. The van der Waals surface area contributed by atoms with Gasteiger partial charge in [0.15, 0.2) is 0 Å². The lowest BCUT2D eigenvalue weighted by Gasteiger charge is -2.16. The van der Waals surface area contributed by atoms with E-state index in [1.165, 1.54) is 18.2 Å². The summed E-state index contributed by atoms with van der Waals surface area (Å²) < 4.78 is 0. The summed E-state index contributed by atoms with van der Waals surface area (Å²) in [7, 11) is 1.80. The molecule has 126 valence electrons. The van der Waals surface area contributed by atoms with Gasteiger partial charge in [0.1, 0.15) is 5.02 Å². The van der Waals surface area contributed by atoms with Gasteiger partial charge in [0.25, 0.3) is 5.69 Å². The van der Waals surface area contributed by atoms with Gasteiger partial charge in [-0.15, -0.1) is 0 Å². The van der Waals surface area contributed by atoms with E-state index in [0.717, 1.165) is 5.56 Å². The molecule has 2 aromatic rings. The Morgan fingerprint density at radius 1 is 1.25 bits per heavy atom. The molecule has 0 saturated heterocycles. The maximum atomic E-state index is 12.1. The second kappa shape index (κ2) is 8.10. The van der Waals surface area contributed by atoms with Gasteiger partial charge in [-0.05, 0) is 36.9 Å². The van der Waals surface area contributed by atoms with Crippen LogP contribution in [0, 0.1) is 10.1 Å². The summed E-state index contributed by atoms with van der Waals surface area (Å²) in [4.78, 5) is 24.1. The van der Waals surface area contributed by atoms with E-state index in [4.69, 9.17) is 23.2 Å². The molecular weight excluding hydrogens is 353 g/mol. The van der Waals surface area contributed by atoms with Crippen molar-refractivity contribution in [1.29, 1.82) is 0 Å². The molecule has 8 heteroatoms. The Kier molecular flexibility index (Phi) is 6.14. The number of amides is 1. The van der Waals surface area contributed by atoms with Gasteiger partial charge in [-0.25, -0.2) is 0 Å². The van der Waals surface area contributed by atoms with Gasteiger partial charge in [-0.1, -0.05) is 35.3 Å². The zero-order valence-corrected chi connectivity index (χ0v) is 14.3. The molecule has 6 nitrogen and oxygen atoms in total. The fraction of sp³-hybridized carbons (Fsp3) is 0.188. The maximum Gasteiger partial charge on any atom is 0.289 e. The summed E-state index contributed by atoms with van der Waals surface area (Å²) in [5.41, 5.74) is 1.06. The highest BCUT2D eigenvalue weighted by Crippen LogP contribution is 2.27. The third-order valence-electron chi connectivity index (χ3n) is 3.18. The largest absolute Gasteiger partial charge is 0.325 e. The summed E-state index contributed by atoms with van der Waals surface area (Å²) in [6.07, 6.45) is 0. The predicted molar refractivity (Wildman–Crippen MR) is 94.5 cm³/mol. The van der Waals surface area contributed by atoms with E-state index in [9.17, 15) is 14.9 Å². The molecule has 0 unspecified atom stereocenters. The van der Waals surface area contributed by atoms with E-state index in [1.807, 2.05) is 23.1 Å². The van der Waals surface area contributed by atoms with Crippen LogP contribution < -0.4 is 5.32 Å². The van der Waals surface area contributed by atoms with Crippen molar-refractivity contribution < 1.29 is 9.72 Å². The first-order valence-electron chi connectivity index (χ1n) is 7.02. The number of carbonyl (C=O) groups excluding carboxylic acids is 1. The second-order valence-corrected chi connectivity index (χ2v) is 6.12. The fourth-order valence-corrected chi connectivity index (χ4v) is 2.58. The third kappa shape index (κ3) is 5.19. The van der Waals surface area contributed by atoms with Gasteiger partial charge in [-0.3, -0.25) is 19.8 Å². The molecule has 0 fully saturated rings. The molecule has 24 heavy (non-hydrogen) atoms. The van der Waals surface area contributed by atoms with Crippen LogP contribution in [0.15, 0.2) is 42.5 Å². The van der Waals surface area contributed by atoms with Crippen LogP contribution in [-0.4, -0.2) is 29.3 Å². The van der Waals surface area contributed by atoms with Crippen LogP contribution in [0.25, 0.3) is 0 Å². The number of rotatable bonds is 6. The van der Waals surface area contributed by atoms with Gasteiger partial charge in [0.2, 0.25) is 5.91 Å². The van der Waals surface area contributed by atoms with Crippen LogP contribution in [0.2, 0.25) is 10.0 Å². The van der Waals surface area contributed by atoms with Crippen LogP contribution in [0.4, 0.5) is 11.4 Å². The zero-order chi connectivity index (χ0) is 17.7. The Labute approximate surface area is 149 Å². The number of anilines is 1. The van der Waals surface area contributed by atoms with Crippen molar-refractivity contribution in [2.75, 3.05) is 18.9 Å². The minimum Gasteiger partial charge on any atom is -0.325 e. The molecule has 0 saturated carbocycles. The first-order chi connectivity index (χ1) is 11.3. The molecule has 0 atom stereocenters. The first-order valence-corrected chi connectivity index (χ1v) is 7.77. The van der Waals surface area contributed by atoms with Crippen molar-refractivity contribution in [3.05, 3.63) is 68.2 Å². The minimum atomic E-state index is -0.594. The van der Waals surface area contributed by atoms with Crippen LogP contribution in [0.1, 0.15) is 5.56 Å². The van der Waals surface area contributed by atoms with Crippen molar-refractivity contribution >= 4 is 40.5 Å². The lowest BCUT2D eigenvalue weighted by molar-refractivity contribution is -0.384. The van der Waals surface area contributed by atoms with Crippen LogP contribution in [-0.2, 0) is 11.3 Å². The molecule has 0 radical (unpaired) electrons. The lowest BCUT2D eigenvalue weighted by atomic mass is 10.2. The smallest absolute Gasteiger partial charge is 0.289 e. The number of nitro benzene ring substituents is 1. The number of nitrogens with one attached hydrogen (secondary N) is 1. The molecule has 0 aliphatic rings. The summed E-state index contributed by atoms with van der Waals surface area (Å²) in [5.74, 6) is -0.281. The fourth-order valence-electron chi connectivity index (χ4n) is 2.18. The van der Waals surface area contributed by atoms with E-state index >= 15 is 0 Å². The number of hydrogen-bond acceptors (Lipinski definition) is 4. The number of likely N-dealkylation sites (N-methyl/N-ethyl adjacent to an activating group) is 1. The Morgan fingerprint density at radius 2 is 2.00 bits per heavy atom. The Hall–Kier alpha value is -2.15. The predicted octanol–water partition coefficient (Wildman–Crippen LogP) is 3.97. The number of hydrogen-bond donors (Lipinski definition) is 1. The zero-order valence-electron chi connectivity index (χ0n) is 12.8. The van der Waals surface area contributed by atoms with Crippen molar-refractivity contribution in [3.63, 3.8) is 0 Å². The van der Waals surface area contributed by atoms with Gasteiger partial charge >= 0.3 is 0 Å². The standard InChI is InChI=1S/C16H15Cl2N3O3/c1-20(9-11-3-2-4-12(17)7-11)10-16(22)19-13-5-6-14(18)15(8-13)21(23)24/h2-8H,9-10H2,1H3,(H,19,22). The lowest BCUT2D eigenvalue weighted by Crippen LogP contribution is -2.29. The van der Waals surface area contributed by atoms with Crippen LogP contribution >= 0.6 is 23.2 Å². The molecule has 0 bridgehead atoms. The van der Waals surface area contributed by atoms with Crippen molar-refractivity contribution in [2.24, 2.45) is 0 Å². The summed E-state index contributed by atoms with van der Waals surface area (Å²) in [6, 6.07) is 11.5. The van der Waals surface area contributed by atoms with E-state index in [-0.39, 0.29) is 23.2 Å². The topological polar surface area (TPSA) is 75.5 Å². The molecule has 1 N–H and O–H groups in total. The Balaban J connectivity index is 1.95. The van der Waals surface area contributed by atoms with Gasteiger partial charge < -0.3 is 5.32 Å². The molecule has 0 heterocycles. The average Bonchev–Trinajstić information content (AvgIpc) is 2.48. The maximum absolute atomic E-state index is 12.1. The first kappa shape index (κ1) is 18.2. The SMILES string of the molecule is CN(CC(=O)Nc1ccc(Cl)c([N+](=O)[O-])c1)Cc1cccc(Cl)c1. The molecule has 2 aromatic carbocycles. The van der Waals surface area contributed by atoms with Crippen molar-refractivity contribution in [3.8, 4) is 0 Å². The molecule has 1 amide bonds. The van der Waals surface area contributed by atoms with E-state index < -0.39 is 4.92 Å². The second-order valence-electron chi connectivity index (χ2n) is 5.27. The highest BCUT2D eigenvalue weighted by molar-refractivity contribution is 6.32. The highest BCUT2D eigenvalue weighted by atomic mass is 35.5. The summed E-state index contributed by atoms with van der Waals surface area (Å²) >= 11 is 11.7. The van der Waals surface area contributed by atoms with E-state index in [2.05, 4.69) is 5.32 Å². The summed E-state index contributed by atoms with van der Waals surface area (Å²) in [5, 5.41) is 14.1. The van der Waals surface area contributed by atoms with Crippen molar-refractivity contribution in [1.82, 2.24) is 4.90 Å².